The van der Waals surface area contributed by atoms with Crippen molar-refractivity contribution in [3.63, 3.8) is 0 Å². The first-order valence-electron chi connectivity index (χ1n) is 10.1. The second-order valence-corrected chi connectivity index (χ2v) is 7.58. The van der Waals surface area contributed by atoms with Crippen molar-refractivity contribution < 1.29 is 9.59 Å². The quantitative estimate of drug-likeness (QED) is 0.530. The molecule has 0 spiro atoms. The number of carbonyl (C=O) groups is 2. The molecule has 5 heteroatoms. The Bertz CT molecular complexity index is 1290. The lowest BCUT2D eigenvalue weighted by molar-refractivity contribution is -0.119. The van der Waals surface area contributed by atoms with Crippen LogP contribution < -0.4 is 10.2 Å². The molecule has 0 fully saturated rings. The summed E-state index contributed by atoms with van der Waals surface area (Å²) in [6.07, 6.45) is 1.85. The van der Waals surface area contributed by atoms with Crippen LogP contribution in [-0.2, 0) is 4.79 Å². The summed E-state index contributed by atoms with van der Waals surface area (Å²) in [6, 6.07) is 26.4. The molecule has 0 aliphatic carbocycles. The number of para-hydroxylation sites is 2. The maximum Gasteiger partial charge on any atom is 0.268 e. The average Bonchev–Trinajstić information content (AvgIpc) is 3.22. The monoisotopic (exact) mass is 407 g/mol. The van der Waals surface area contributed by atoms with Crippen LogP contribution in [0.5, 0.6) is 0 Å². The van der Waals surface area contributed by atoms with Gasteiger partial charge in [-0.1, -0.05) is 66.7 Å². The third-order valence-electron chi connectivity index (χ3n) is 5.63. The number of hydrogen-bond acceptors (Lipinski definition) is 2. The van der Waals surface area contributed by atoms with Crippen LogP contribution in [0.1, 0.15) is 21.6 Å². The van der Waals surface area contributed by atoms with Crippen LogP contribution >= 0.6 is 0 Å². The molecular weight excluding hydrogens is 386 g/mol. The molecule has 0 bridgehead atoms. The van der Waals surface area contributed by atoms with Gasteiger partial charge in [0.2, 0.25) is 0 Å². The highest BCUT2D eigenvalue weighted by Gasteiger charge is 2.30. The fourth-order valence-electron chi connectivity index (χ4n) is 4.04. The van der Waals surface area contributed by atoms with Crippen molar-refractivity contribution in [2.45, 2.75) is 6.04 Å². The largest absolute Gasteiger partial charge is 0.351 e. The van der Waals surface area contributed by atoms with E-state index in [2.05, 4.69) is 10.3 Å². The van der Waals surface area contributed by atoms with Crippen molar-refractivity contribution >= 4 is 34.0 Å². The maximum absolute atomic E-state index is 13.3. The number of carbonyl (C=O) groups excluding carboxylic acids is 2. The van der Waals surface area contributed by atoms with E-state index in [0.717, 1.165) is 33.3 Å². The number of likely N-dealkylation sites (N-methyl/N-ethyl adjacent to an activating group) is 1. The number of anilines is 1. The molecule has 2 amide bonds. The SMILES string of the molecule is CN1C(=O)C(NC(=O)c2cc3ccccc3[nH]2)C=C(c2ccccc2)c2ccccc21. The Hall–Kier alpha value is -4.12. The van der Waals surface area contributed by atoms with Gasteiger partial charge in [0.25, 0.3) is 11.8 Å². The number of rotatable bonds is 3. The molecule has 2 heterocycles. The van der Waals surface area contributed by atoms with E-state index in [1.54, 1.807) is 18.0 Å². The number of H-pyrrole nitrogens is 1. The zero-order valence-corrected chi connectivity index (χ0v) is 17.0. The van der Waals surface area contributed by atoms with Gasteiger partial charge < -0.3 is 15.2 Å². The number of nitrogens with one attached hydrogen (secondary N) is 2. The van der Waals surface area contributed by atoms with E-state index < -0.39 is 6.04 Å². The van der Waals surface area contributed by atoms with Gasteiger partial charge in [-0.05, 0) is 35.4 Å². The van der Waals surface area contributed by atoms with Crippen LogP contribution in [0.2, 0.25) is 0 Å². The third-order valence-corrected chi connectivity index (χ3v) is 5.63. The lowest BCUT2D eigenvalue weighted by Crippen LogP contribution is -2.46. The second-order valence-electron chi connectivity index (χ2n) is 7.58. The highest BCUT2D eigenvalue weighted by Crippen LogP contribution is 2.34. The van der Waals surface area contributed by atoms with Crippen molar-refractivity contribution in [1.29, 1.82) is 0 Å². The van der Waals surface area contributed by atoms with Crippen LogP contribution in [-0.4, -0.2) is 29.9 Å². The van der Waals surface area contributed by atoms with E-state index >= 15 is 0 Å². The number of hydrogen-bond donors (Lipinski definition) is 2. The minimum atomic E-state index is -0.800. The summed E-state index contributed by atoms with van der Waals surface area (Å²) >= 11 is 0. The fraction of sp³-hybridized carbons (Fsp3) is 0.0769. The van der Waals surface area contributed by atoms with Gasteiger partial charge in [-0.15, -0.1) is 0 Å². The molecule has 1 aliphatic rings. The molecule has 0 saturated carbocycles. The van der Waals surface area contributed by atoms with Crippen LogP contribution in [0.3, 0.4) is 0 Å². The van der Waals surface area contributed by atoms with Gasteiger partial charge in [0.05, 0.1) is 5.69 Å². The highest BCUT2D eigenvalue weighted by atomic mass is 16.2. The molecule has 3 aromatic carbocycles. The lowest BCUT2D eigenvalue weighted by atomic mass is 9.95. The summed E-state index contributed by atoms with van der Waals surface area (Å²) in [5.41, 5.74) is 4.97. The summed E-state index contributed by atoms with van der Waals surface area (Å²) < 4.78 is 0. The summed E-state index contributed by atoms with van der Waals surface area (Å²) in [6.45, 7) is 0. The van der Waals surface area contributed by atoms with Crippen molar-refractivity contribution in [1.82, 2.24) is 10.3 Å². The molecule has 1 unspecified atom stereocenters. The van der Waals surface area contributed by atoms with E-state index in [9.17, 15) is 9.59 Å². The Labute approximate surface area is 180 Å². The van der Waals surface area contributed by atoms with E-state index in [1.165, 1.54) is 0 Å². The summed E-state index contributed by atoms with van der Waals surface area (Å²) in [4.78, 5) is 31.0. The number of fused-ring (bicyclic) bond motifs is 2. The van der Waals surface area contributed by atoms with Crippen molar-refractivity contribution in [3.8, 4) is 0 Å². The number of aromatic nitrogens is 1. The summed E-state index contributed by atoms with van der Waals surface area (Å²) in [5, 5.41) is 3.86. The van der Waals surface area contributed by atoms with E-state index in [0.29, 0.717) is 5.69 Å². The first-order chi connectivity index (χ1) is 15.1. The molecule has 5 nitrogen and oxygen atoms in total. The Kier molecular flexibility index (Phi) is 4.64. The molecule has 1 aliphatic heterocycles. The zero-order valence-electron chi connectivity index (χ0n) is 17.0. The molecule has 2 N–H and O–H groups in total. The Morgan fingerprint density at radius 1 is 0.935 bits per heavy atom. The van der Waals surface area contributed by atoms with Crippen molar-refractivity contribution in [3.05, 3.63) is 108 Å². The first kappa shape index (κ1) is 18.9. The van der Waals surface area contributed by atoms with Crippen LogP contribution in [0.25, 0.3) is 16.5 Å². The van der Waals surface area contributed by atoms with Crippen LogP contribution in [0.15, 0.2) is 91.0 Å². The standard InChI is InChI=1S/C26H21N3O2/c1-29-24-14-8-6-12-19(24)20(17-9-3-2-4-10-17)16-23(26(29)31)28-25(30)22-15-18-11-5-7-13-21(18)27-22/h2-16,23,27H,1H3,(H,28,30). The van der Waals surface area contributed by atoms with Gasteiger partial charge in [0, 0.05) is 23.5 Å². The van der Waals surface area contributed by atoms with E-state index in [4.69, 9.17) is 0 Å². The normalized spacial score (nSPS) is 15.9. The summed E-state index contributed by atoms with van der Waals surface area (Å²) in [5.74, 6) is -0.514. The maximum atomic E-state index is 13.3. The Morgan fingerprint density at radius 2 is 1.65 bits per heavy atom. The van der Waals surface area contributed by atoms with Crippen LogP contribution in [0.4, 0.5) is 5.69 Å². The minimum absolute atomic E-state index is 0.192. The number of amides is 2. The molecule has 152 valence electrons. The molecule has 31 heavy (non-hydrogen) atoms. The number of benzene rings is 3. The molecule has 0 radical (unpaired) electrons. The first-order valence-corrected chi connectivity index (χ1v) is 10.1. The predicted molar refractivity (Wildman–Crippen MR) is 123 cm³/mol. The van der Waals surface area contributed by atoms with Gasteiger partial charge in [0.1, 0.15) is 11.7 Å². The van der Waals surface area contributed by atoms with Gasteiger partial charge >= 0.3 is 0 Å². The number of aromatic amines is 1. The van der Waals surface area contributed by atoms with E-state index in [1.807, 2.05) is 84.9 Å². The van der Waals surface area contributed by atoms with Crippen molar-refractivity contribution in [2.75, 3.05) is 11.9 Å². The smallest absolute Gasteiger partial charge is 0.268 e. The third kappa shape index (κ3) is 3.40. The Balaban J connectivity index is 1.56. The molecular formula is C26H21N3O2. The predicted octanol–water partition coefficient (Wildman–Crippen LogP) is 4.37. The lowest BCUT2D eigenvalue weighted by Gasteiger charge is -2.21. The van der Waals surface area contributed by atoms with Gasteiger partial charge in [-0.25, -0.2) is 0 Å². The van der Waals surface area contributed by atoms with Crippen LogP contribution in [0, 0.1) is 0 Å². The van der Waals surface area contributed by atoms with E-state index in [-0.39, 0.29) is 11.8 Å². The number of nitrogens with zero attached hydrogens (tertiary/aromatic N) is 1. The van der Waals surface area contributed by atoms with Gasteiger partial charge in [-0.2, -0.15) is 0 Å². The van der Waals surface area contributed by atoms with Crippen molar-refractivity contribution in [2.24, 2.45) is 0 Å². The molecule has 5 rings (SSSR count). The van der Waals surface area contributed by atoms with Gasteiger partial charge in [0.15, 0.2) is 0 Å². The zero-order chi connectivity index (χ0) is 21.4. The molecule has 1 atom stereocenters. The average molecular weight is 407 g/mol. The Morgan fingerprint density at radius 3 is 2.45 bits per heavy atom. The molecule has 4 aromatic rings. The minimum Gasteiger partial charge on any atom is -0.351 e. The molecule has 0 saturated heterocycles. The topological polar surface area (TPSA) is 65.2 Å². The second kappa shape index (κ2) is 7.61. The fourth-order valence-corrected chi connectivity index (χ4v) is 4.04. The molecule has 1 aromatic heterocycles. The highest BCUT2D eigenvalue weighted by molar-refractivity contribution is 6.08. The summed E-state index contributed by atoms with van der Waals surface area (Å²) in [7, 11) is 1.74. The van der Waals surface area contributed by atoms with Gasteiger partial charge in [-0.3, -0.25) is 9.59 Å².